The summed E-state index contributed by atoms with van der Waals surface area (Å²) < 4.78 is 31.5. The smallest absolute Gasteiger partial charge is 0.211 e. The Balaban J connectivity index is 1.57. The van der Waals surface area contributed by atoms with Gasteiger partial charge in [0.25, 0.3) is 0 Å². The van der Waals surface area contributed by atoms with Crippen LogP contribution in [0.25, 0.3) is 0 Å². The van der Waals surface area contributed by atoms with E-state index in [1.54, 1.807) is 16.7 Å². The SMILES string of the molecule is CCOc1ccc(CN2CC(N(Cc3ccncc3)S(C)(=O)=O)C2)cc1. The standard InChI is InChI=1S/C19H25N3O3S/c1-3-25-19-6-4-16(5-7-19)12-21-14-18(15-21)22(26(2,23)24)13-17-8-10-20-11-9-17/h4-11,18H,3,12-15H2,1-2H3. The van der Waals surface area contributed by atoms with Crippen molar-refractivity contribution in [2.45, 2.75) is 26.1 Å². The van der Waals surface area contributed by atoms with Crippen molar-refractivity contribution in [3.63, 3.8) is 0 Å². The first-order chi connectivity index (χ1) is 12.5. The van der Waals surface area contributed by atoms with Crippen LogP contribution in [-0.4, -0.2) is 54.6 Å². The fourth-order valence-corrected chi connectivity index (χ4v) is 4.21. The van der Waals surface area contributed by atoms with Crippen LogP contribution in [0, 0.1) is 0 Å². The molecule has 140 valence electrons. The summed E-state index contributed by atoms with van der Waals surface area (Å²) in [6.07, 6.45) is 4.66. The third-order valence-electron chi connectivity index (χ3n) is 4.50. The first-order valence-corrected chi connectivity index (χ1v) is 10.6. The minimum Gasteiger partial charge on any atom is -0.494 e. The highest BCUT2D eigenvalue weighted by Crippen LogP contribution is 2.23. The van der Waals surface area contributed by atoms with E-state index in [9.17, 15) is 8.42 Å². The summed E-state index contributed by atoms with van der Waals surface area (Å²) >= 11 is 0. The van der Waals surface area contributed by atoms with Crippen LogP contribution in [0.2, 0.25) is 0 Å². The van der Waals surface area contributed by atoms with Crippen molar-refractivity contribution in [1.82, 2.24) is 14.2 Å². The van der Waals surface area contributed by atoms with Gasteiger partial charge >= 0.3 is 0 Å². The molecule has 0 aliphatic carbocycles. The summed E-state index contributed by atoms with van der Waals surface area (Å²) in [7, 11) is -3.26. The Labute approximate surface area is 155 Å². The first-order valence-electron chi connectivity index (χ1n) is 8.75. The predicted octanol–water partition coefficient (Wildman–Crippen LogP) is 2.13. The maximum atomic E-state index is 12.2. The first kappa shape index (κ1) is 18.8. The molecule has 1 aromatic heterocycles. The second kappa shape index (κ2) is 8.16. The lowest BCUT2D eigenvalue weighted by Crippen LogP contribution is -2.59. The summed E-state index contributed by atoms with van der Waals surface area (Å²) in [4.78, 5) is 6.24. The van der Waals surface area contributed by atoms with Gasteiger partial charge < -0.3 is 4.74 Å². The van der Waals surface area contributed by atoms with E-state index in [0.717, 1.165) is 30.9 Å². The molecule has 1 fully saturated rings. The number of likely N-dealkylation sites (tertiary alicyclic amines) is 1. The highest BCUT2D eigenvalue weighted by atomic mass is 32.2. The Bertz CT molecular complexity index is 804. The summed E-state index contributed by atoms with van der Waals surface area (Å²) in [5.41, 5.74) is 2.15. The van der Waals surface area contributed by atoms with Crippen molar-refractivity contribution >= 4 is 10.0 Å². The van der Waals surface area contributed by atoms with Gasteiger partial charge in [-0.15, -0.1) is 0 Å². The molecule has 0 spiro atoms. The third-order valence-corrected chi connectivity index (χ3v) is 5.78. The zero-order chi connectivity index (χ0) is 18.6. The van der Waals surface area contributed by atoms with E-state index in [1.807, 2.05) is 31.2 Å². The van der Waals surface area contributed by atoms with E-state index < -0.39 is 10.0 Å². The maximum Gasteiger partial charge on any atom is 0.211 e. The number of pyridine rings is 1. The molecule has 2 heterocycles. The van der Waals surface area contributed by atoms with E-state index in [4.69, 9.17) is 4.74 Å². The number of ether oxygens (including phenoxy) is 1. The number of sulfonamides is 1. The lowest BCUT2D eigenvalue weighted by molar-refractivity contribution is 0.0699. The topological polar surface area (TPSA) is 62.7 Å². The van der Waals surface area contributed by atoms with Crippen molar-refractivity contribution in [3.8, 4) is 5.75 Å². The molecule has 0 amide bonds. The molecule has 26 heavy (non-hydrogen) atoms. The summed E-state index contributed by atoms with van der Waals surface area (Å²) in [6.45, 7) is 5.31. The minimum absolute atomic E-state index is 0.0147. The molecule has 1 saturated heterocycles. The van der Waals surface area contributed by atoms with Gasteiger partial charge in [0, 0.05) is 38.6 Å². The number of nitrogens with zero attached hydrogens (tertiary/aromatic N) is 3. The van der Waals surface area contributed by atoms with Gasteiger partial charge in [0.2, 0.25) is 10.0 Å². The van der Waals surface area contributed by atoms with Crippen molar-refractivity contribution in [2.75, 3.05) is 26.0 Å². The zero-order valence-corrected chi connectivity index (χ0v) is 16.0. The molecule has 0 N–H and O–H groups in total. The molecule has 0 atom stereocenters. The van der Waals surface area contributed by atoms with E-state index in [1.165, 1.54) is 11.8 Å². The molecule has 2 aromatic rings. The van der Waals surface area contributed by atoms with Gasteiger partial charge in [-0.05, 0) is 42.3 Å². The van der Waals surface area contributed by atoms with Crippen LogP contribution in [0.5, 0.6) is 5.75 Å². The number of hydrogen-bond acceptors (Lipinski definition) is 5. The van der Waals surface area contributed by atoms with E-state index in [2.05, 4.69) is 22.0 Å². The second-order valence-corrected chi connectivity index (χ2v) is 8.52. The number of rotatable bonds is 8. The molecule has 7 heteroatoms. The van der Waals surface area contributed by atoms with Gasteiger partial charge in [0.1, 0.15) is 5.75 Å². The molecule has 1 aromatic carbocycles. The monoisotopic (exact) mass is 375 g/mol. The predicted molar refractivity (Wildman–Crippen MR) is 101 cm³/mol. The molecule has 3 rings (SSSR count). The summed E-state index contributed by atoms with van der Waals surface area (Å²) in [6, 6.07) is 11.8. The molecule has 0 bridgehead atoms. The number of hydrogen-bond donors (Lipinski definition) is 0. The van der Waals surface area contributed by atoms with Gasteiger partial charge in [-0.25, -0.2) is 8.42 Å². The van der Waals surface area contributed by atoms with Crippen LogP contribution in [-0.2, 0) is 23.1 Å². The van der Waals surface area contributed by atoms with Gasteiger partial charge in [0.05, 0.1) is 18.9 Å². The van der Waals surface area contributed by atoms with Crippen molar-refractivity contribution in [3.05, 3.63) is 59.9 Å². The quantitative estimate of drug-likeness (QED) is 0.707. The molecule has 0 unspecified atom stereocenters. The molecule has 6 nitrogen and oxygen atoms in total. The van der Waals surface area contributed by atoms with E-state index >= 15 is 0 Å². The molecule has 1 aliphatic rings. The van der Waals surface area contributed by atoms with Crippen LogP contribution in [0.15, 0.2) is 48.8 Å². The van der Waals surface area contributed by atoms with Gasteiger partial charge in [0.15, 0.2) is 0 Å². The van der Waals surface area contributed by atoms with Crippen LogP contribution in [0.3, 0.4) is 0 Å². The van der Waals surface area contributed by atoms with Gasteiger partial charge in [-0.3, -0.25) is 9.88 Å². The van der Waals surface area contributed by atoms with E-state index in [-0.39, 0.29) is 6.04 Å². The lowest BCUT2D eigenvalue weighted by Gasteiger charge is -2.44. The Morgan fingerprint density at radius 1 is 1.12 bits per heavy atom. The van der Waals surface area contributed by atoms with Crippen LogP contribution >= 0.6 is 0 Å². The maximum absolute atomic E-state index is 12.2. The number of benzene rings is 1. The van der Waals surface area contributed by atoms with Crippen molar-refractivity contribution < 1.29 is 13.2 Å². The minimum atomic E-state index is -3.26. The van der Waals surface area contributed by atoms with Crippen molar-refractivity contribution in [1.29, 1.82) is 0 Å². The summed E-state index contributed by atoms with van der Waals surface area (Å²) in [5.74, 6) is 0.873. The Hall–Kier alpha value is -1.96. The van der Waals surface area contributed by atoms with Gasteiger partial charge in [-0.1, -0.05) is 12.1 Å². The fraction of sp³-hybridized carbons (Fsp3) is 0.421. The molecule has 0 radical (unpaired) electrons. The van der Waals surface area contributed by atoms with Crippen molar-refractivity contribution in [2.24, 2.45) is 0 Å². The third kappa shape index (κ3) is 4.81. The van der Waals surface area contributed by atoms with Crippen LogP contribution < -0.4 is 4.74 Å². The Morgan fingerprint density at radius 2 is 1.77 bits per heavy atom. The zero-order valence-electron chi connectivity index (χ0n) is 15.2. The molecular formula is C19H25N3O3S. The average Bonchev–Trinajstić information content (AvgIpc) is 2.58. The second-order valence-electron chi connectivity index (χ2n) is 6.59. The highest BCUT2D eigenvalue weighted by Gasteiger charge is 2.36. The largest absolute Gasteiger partial charge is 0.494 e. The average molecular weight is 375 g/mol. The number of aromatic nitrogens is 1. The molecule has 1 aliphatic heterocycles. The van der Waals surface area contributed by atoms with E-state index in [0.29, 0.717) is 13.2 Å². The molecular weight excluding hydrogens is 350 g/mol. The highest BCUT2D eigenvalue weighted by molar-refractivity contribution is 7.88. The van der Waals surface area contributed by atoms with Gasteiger partial charge in [-0.2, -0.15) is 4.31 Å². The Kier molecular flexibility index (Phi) is 5.90. The van der Waals surface area contributed by atoms with Crippen LogP contribution in [0.4, 0.5) is 0 Å². The van der Waals surface area contributed by atoms with Crippen LogP contribution in [0.1, 0.15) is 18.1 Å². The molecule has 0 saturated carbocycles. The lowest BCUT2D eigenvalue weighted by atomic mass is 10.1. The Morgan fingerprint density at radius 3 is 2.35 bits per heavy atom. The normalized spacial score (nSPS) is 15.8. The summed E-state index contributed by atoms with van der Waals surface area (Å²) in [5, 5.41) is 0. The fourth-order valence-electron chi connectivity index (χ4n) is 3.16.